The Balaban J connectivity index is 4.61. The Kier molecular flexibility index (Phi) is 14.6. The maximum Gasteiger partial charge on any atom is 0.237 e. The van der Waals surface area contributed by atoms with E-state index in [0.29, 0.717) is 0 Å². The standard InChI is InChI=1S/C14H22Cl4N4O4/c15-7-11(23)19-1-3-21(13(25)9-17)5-6-22(14(26)10-18)4-2-20-12(24)8-16/h1-10H2,(H,19,23)(H,20,24). The summed E-state index contributed by atoms with van der Waals surface area (Å²) in [4.78, 5) is 48.9. The highest BCUT2D eigenvalue weighted by Crippen LogP contribution is 1.98. The van der Waals surface area contributed by atoms with Gasteiger partial charge in [-0.05, 0) is 0 Å². The van der Waals surface area contributed by atoms with Crippen molar-refractivity contribution in [2.75, 3.05) is 62.8 Å². The van der Waals surface area contributed by atoms with Gasteiger partial charge >= 0.3 is 0 Å². The molecule has 0 bridgehead atoms. The number of halogens is 4. The fourth-order valence-corrected chi connectivity index (χ4v) is 2.41. The molecule has 0 spiro atoms. The highest BCUT2D eigenvalue weighted by Gasteiger charge is 2.17. The molecule has 26 heavy (non-hydrogen) atoms. The van der Waals surface area contributed by atoms with Gasteiger partial charge < -0.3 is 20.4 Å². The number of hydrogen-bond donors (Lipinski definition) is 2. The molecule has 0 aromatic rings. The van der Waals surface area contributed by atoms with E-state index in [-0.39, 0.29) is 86.4 Å². The van der Waals surface area contributed by atoms with Gasteiger partial charge in [0, 0.05) is 39.3 Å². The van der Waals surface area contributed by atoms with Crippen LogP contribution in [0.1, 0.15) is 0 Å². The SMILES string of the molecule is O=C(CCl)NCCN(CCN(CCNC(=O)CCl)C(=O)CCl)C(=O)CCl. The fourth-order valence-electron chi connectivity index (χ4n) is 1.89. The zero-order chi connectivity index (χ0) is 19.9. The molecule has 0 saturated heterocycles. The van der Waals surface area contributed by atoms with Gasteiger partial charge in [0.2, 0.25) is 23.6 Å². The molecular weight excluding hydrogens is 430 g/mol. The Bertz CT molecular complexity index is 440. The first-order valence-electron chi connectivity index (χ1n) is 7.72. The zero-order valence-corrected chi connectivity index (χ0v) is 17.1. The van der Waals surface area contributed by atoms with Crippen LogP contribution >= 0.6 is 46.4 Å². The van der Waals surface area contributed by atoms with E-state index in [0.717, 1.165) is 0 Å². The maximum absolute atomic E-state index is 11.9. The van der Waals surface area contributed by atoms with Crippen molar-refractivity contribution < 1.29 is 19.2 Å². The topological polar surface area (TPSA) is 98.8 Å². The number of nitrogens with one attached hydrogen (secondary N) is 2. The van der Waals surface area contributed by atoms with Crippen molar-refractivity contribution in [2.45, 2.75) is 0 Å². The highest BCUT2D eigenvalue weighted by molar-refractivity contribution is 6.28. The summed E-state index contributed by atoms with van der Waals surface area (Å²) in [6.45, 7) is 1.27. The number of carbonyl (C=O) groups is 4. The fraction of sp³-hybridized carbons (Fsp3) is 0.714. The molecule has 12 heteroatoms. The second-order valence-corrected chi connectivity index (χ2v) is 6.07. The van der Waals surface area contributed by atoms with E-state index < -0.39 is 0 Å². The number of nitrogens with zero attached hydrogens (tertiary/aromatic N) is 2. The van der Waals surface area contributed by atoms with E-state index >= 15 is 0 Å². The number of alkyl halides is 4. The van der Waals surface area contributed by atoms with E-state index in [1.54, 1.807) is 0 Å². The zero-order valence-electron chi connectivity index (χ0n) is 14.1. The minimum absolute atomic E-state index is 0.171. The summed E-state index contributed by atoms with van der Waals surface area (Å²) < 4.78 is 0. The second kappa shape index (κ2) is 15.1. The van der Waals surface area contributed by atoms with Gasteiger partial charge in [-0.3, -0.25) is 19.2 Å². The van der Waals surface area contributed by atoms with Crippen molar-refractivity contribution in [1.82, 2.24) is 20.4 Å². The Morgan fingerprint density at radius 1 is 0.577 bits per heavy atom. The molecule has 0 aromatic carbocycles. The molecule has 8 nitrogen and oxygen atoms in total. The number of rotatable bonds is 13. The van der Waals surface area contributed by atoms with E-state index in [9.17, 15) is 19.2 Å². The van der Waals surface area contributed by atoms with Crippen LogP contribution in [0.2, 0.25) is 0 Å². The molecule has 0 unspecified atom stereocenters. The van der Waals surface area contributed by atoms with Crippen LogP contribution in [0.25, 0.3) is 0 Å². The van der Waals surface area contributed by atoms with Gasteiger partial charge in [-0.15, -0.1) is 46.4 Å². The Labute approximate surface area is 172 Å². The highest BCUT2D eigenvalue weighted by atomic mass is 35.5. The Morgan fingerprint density at radius 3 is 1.19 bits per heavy atom. The molecule has 0 aliphatic rings. The molecule has 0 rings (SSSR count). The molecule has 0 fully saturated rings. The Morgan fingerprint density at radius 2 is 0.923 bits per heavy atom. The molecule has 0 aliphatic heterocycles. The van der Waals surface area contributed by atoms with Crippen molar-refractivity contribution >= 4 is 70.0 Å². The molecule has 0 heterocycles. The predicted molar refractivity (Wildman–Crippen MR) is 102 cm³/mol. The molecular formula is C14H22Cl4N4O4. The number of hydrogen-bond acceptors (Lipinski definition) is 4. The summed E-state index contributed by atoms with van der Waals surface area (Å²) in [6.07, 6.45) is 0. The van der Waals surface area contributed by atoms with Gasteiger partial charge in [-0.2, -0.15) is 0 Å². The van der Waals surface area contributed by atoms with Crippen molar-refractivity contribution in [3.63, 3.8) is 0 Å². The molecule has 4 amide bonds. The van der Waals surface area contributed by atoms with E-state index in [2.05, 4.69) is 10.6 Å². The molecule has 0 aliphatic carbocycles. The van der Waals surface area contributed by atoms with Gasteiger partial charge in [0.15, 0.2) is 0 Å². The van der Waals surface area contributed by atoms with Gasteiger partial charge in [0.05, 0.1) is 0 Å². The summed E-state index contributed by atoms with van der Waals surface area (Å²) >= 11 is 22.0. The van der Waals surface area contributed by atoms with Gasteiger partial charge in [-0.1, -0.05) is 0 Å². The van der Waals surface area contributed by atoms with E-state index in [4.69, 9.17) is 46.4 Å². The third kappa shape index (κ3) is 10.9. The first-order valence-corrected chi connectivity index (χ1v) is 9.86. The summed E-state index contributed by atoms with van der Waals surface area (Å²) in [5, 5.41) is 5.09. The van der Waals surface area contributed by atoms with Crippen LogP contribution in [0.4, 0.5) is 0 Å². The molecule has 0 aromatic heterocycles. The molecule has 0 saturated carbocycles. The predicted octanol–water partition coefficient (Wildman–Crippen LogP) is -0.169. The van der Waals surface area contributed by atoms with Crippen molar-refractivity contribution in [1.29, 1.82) is 0 Å². The molecule has 0 radical (unpaired) electrons. The second-order valence-electron chi connectivity index (χ2n) is 5.00. The summed E-state index contributed by atoms with van der Waals surface area (Å²) in [5.74, 6) is -2.15. The van der Waals surface area contributed by atoms with Crippen LogP contribution in [0.3, 0.4) is 0 Å². The monoisotopic (exact) mass is 450 g/mol. The molecule has 0 atom stereocenters. The van der Waals surface area contributed by atoms with Crippen molar-refractivity contribution in [2.24, 2.45) is 0 Å². The third-order valence-electron chi connectivity index (χ3n) is 3.22. The molecule has 150 valence electrons. The van der Waals surface area contributed by atoms with E-state index in [1.165, 1.54) is 9.80 Å². The van der Waals surface area contributed by atoms with Gasteiger partial charge in [0.25, 0.3) is 0 Å². The first kappa shape index (κ1) is 25.0. The number of carbonyl (C=O) groups excluding carboxylic acids is 4. The smallest absolute Gasteiger partial charge is 0.237 e. The summed E-state index contributed by atoms with van der Waals surface area (Å²) in [7, 11) is 0. The van der Waals surface area contributed by atoms with Gasteiger partial charge in [-0.25, -0.2) is 0 Å². The van der Waals surface area contributed by atoms with Crippen LogP contribution < -0.4 is 10.6 Å². The first-order chi connectivity index (χ1) is 12.4. The largest absolute Gasteiger partial charge is 0.353 e. The quantitative estimate of drug-likeness (QED) is 0.380. The number of amides is 4. The Hall–Kier alpha value is -0.960. The average molecular weight is 452 g/mol. The lowest BCUT2D eigenvalue weighted by Gasteiger charge is -2.27. The van der Waals surface area contributed by atoms with Crippen LogP contribution in [-0.2, 0) is 19.2 Å². The normalized spacial score (nSPS) is 10.2. The molecule has 2 N–H and O–H groups in total. The van der Waals surface area contributed by atoms with Crippen molar-refractivity contribution in [3.05, 3.63) is 0 Å². The van der Waals surface area contributed by atoms with Crippen LogP contribution in [-0.4, -0.2) is 96.2 Å². The van der Waals surface area contributed by atoms with Crippen molar-refractivity contribution in [3.8, 4) is 0 Å². The minimum Gasteiger partial charge on any atom is -0.353 e. The third-order valence-corrected chi connectivity index (χ3v) is 4.17. The summed E-state index contributed by atoms with van der Waals surface area (Å²) in [5.41, 5.74) is 0. The van der Waals surface area contributed by atoms with Crippen LogP contribution in [0.5, 0.6) is 0 Å². The lowest BCUT2D eigenvalue weighted by molar-refractivity contribution is -0.132. The van der Waals surface area contributed by atoms with E-state index in [1.807, 2.05) is 0 Å². The lowest BCUT2D eigenvalue weighted by atomic mass is 10.3. The maximum atomic E-state index is 11.9. The lowest BCUT2D eigenvalue weighted by Crippen LogP contribution is -2.46. The average Bonchev–Trinajstić information content (AvgIpc) is 2.66. The minimum atomic E-state index is -0.348. The van der Waals surface area contributed by atoms with Crippen LogP contribution in [0, 0.1) is 0 Å². The van der Waals surface area contributed by atoms with Gasteiger partial charge in [0.1, 0.15) is 23.5 Å². The van der Waals surface area contributed by atoms with Crippen LogP contribution in [0.15, 0.2) is 0 Å². The summed E-state index contributed by atoms with van der Waals surface area (Å²) in [6, 6.07) is 0.